The third kappa shape index (κ3) is 5.89. The minimum Gasteiger partial charge on any atom is -0.474 e. The number of hydrogen-bond donors (Lipinski definition) is 2. The van der Waals surface area contributed by atoms with Crippen LogP contribution in [-0.4, -0.2) is 78.2 Å². The van der Waals surface area contributed by atoms with Gasteiger partial charge in [0.05, 0.1) is 10.8 Å². The van der Waals surface area contributed by atoms with Gasteiger partial charge in [-0.1, -0.05) is 18.0 Å². The molecule has 0 aliphatic carbocycles. The van der Waals surface area contributed by atoms with Crippen molar-refractivity contribution in [3.8, 4) is 5.88 Å². The Morgan fingerprint density at radius 2 is 1.82 bits per heavy atom. The zero-order chi connectivity index (χ0) is 22.8. The lowest BCUT2D eigenvalue weighted by atomic mass is 10.0. The minimum absolute atomic E-state index is 0. The number of hydrogen-bond acceptors (Lipinski definition) is 7. The van der Waals surface area contributed by atoms with Gasteiger partial charge in [-0.25, -0.2) is 22.5 Å². The Balaban J connectivity index is 0.00000306. The molecule has 3 fully saturated rings. The lowest BCUT2D eigenvalue weighted by molar-refractivity contribution is -0.132. The number of urea groups is 1. The van der Waals surface area contributed by atoms with Crippen molar-refractivity contribution in [3.63, 3.8) is 0 Å². The summed E-state index contributed by atoms with van der Waals surface area (Å²) in [6.07, 6.45) is 5.35. The number of ether oxygens (including phenoxy) is 1. The first-order valence-electron chi connectivity index (χ1n) is 10.9. The molecule has 3 aliphatic heterocycles. The van der Waals surface area contributed by atoms with E-state index in [1.807, 2.05) is 4.90 Å². The summed E-state index contributed by atoms with van der Waals surface area (Å²) >= 11 is 5.83. The van der Waals surface area contributed by atoms with Crippen molar-refractivity contribution in [2.24, 2.45) is 0 Å². The van der Waals surface area contributed by atoms with Crippen molar-refractivity contribution in [2.75, 3.05) is 31.9 Å². The predicted octanol–water partition coefficient (Wildman–Crippen LogP) is 1.74. The predicted molar refractivity (Wildman–Crippen MR) is 125 cm³/mol. The number of rotatable bonds is 7. The van der Waals surface area contributed by atoms with Gasteiger partial charge in [0.15, 0.2) is 5.66 Å². The fourth-order valence-electron chi connectivity index (χ4n) is 4.55. The summed E-state index contributed by atoms with van der Waals surface area (Å²) in [6, 6.07) is 2.80. The molecule has 1 unspecified atom stereocenters. The second-order valence-corrected chi connectivity index (χ2v) is 10.9. The van der Waals surface area contributed by atoms with Crippen LogP contribution in [0.25, 0.3) is 0 Å². The quantitative estimate of drug-likeness (QED) is 0.524. The van der Waals surface area contributed by atoms with Crippen molar-refractivity contribution in [1.82, 2.24) is 24.8 Å². The van der Waals surface area contributed by atoms with Gasteiger partial charge in [0.25, 0.3) is 5.91 Å². The molecule has 4 rings (SSSR count). The average Bonchev–Trinajstić information content (AvgIpc) is 3.09. The summed E-state index contributed by atoms with van der Waals surface area (Å²) in [5.74, 6) is -0.231. The second kappa shape index (κ2) is 10.7. The Hall–Kier alpha value is -1.66. The Morgan fingerprint density at radius 1 is 1.12 bits per heavy atom. The molecule has 2 N–H and O–H groups in total. The van der Waals surface area contributed by atoms with Crippen molar-refractivity contribution < 1.29 is 22.7 Å². The van der Waals surface area contributed by atoms with Crippen LogP contribution in [0.4, 0.5) is 4.79 Å². The van der Waals surface area contributed by atoms with Gasteiger partial charge < -0.3 is 10.1 Å². The standard InChI is InChI=1S/C20H28ClN5O5S.ClH/c21-15-4-5-17(22-14-15)31-16-6-11-26(12-7-16)32(29,30)13-8-20(18(27)23-19(28)24-20)25-9-2-1-3-10-25;/h4-5,14,16H,1-3,6-13H2,(H2,23,24,27,28);1H. The van der Waals surface area contributed by atoms with Gasteiger partial charge in [-0.3, -0.25) is 15.0 Å². The number of piperidine rings is 2. The van der Waals surface area contributed by atoms with Crippen LogP contribution in [0.15, 0.2) is 18.3 Å². The van der Waals surface area contributed by atoms with Crippen molar-refractivity contribution in [1.29, 1.82) is 0 Å². The topological polar surface area (TPSA) is 121 Å². The molecule has 1 aromatic rings. The van der Waals surface area contributed by atoms with Gasteiger partial charge in [-0.2, -0.15) is 0 Å². The molecule has 0 radical (unpaired) electrons. The number of carbonyl (C=O) groups excluding carboxylic acids is 2. The molecular weight excluding hydrogens is 493 g/mol. The fraction of sp³-hybridized carbons (Fsp3) is 0.650. The first-order chi connectivity index (χ1) is 15.3. The molecule has 3 amide bonds. The molecule has 1 atom stereocenters. The zero-order valence-corrected chi connectivity index (χ0v) is 20.6. The Kier molecular flexibility index (Phi) is 8.44. The minimum atomic E-state index is -3.60. The smallest absolute Gasteiger partial charge is 0.323 e. The Labute approximate surface area is 204 Å². The first kappa shape index (κ1) is 26.0. The molecule has 0 aromatic carbocycles. The van der Waals surface area contributed by atoms with Crippen LogP contribution in [-0.2, 0) is 14.8 Å². The van der Waals surface area contributed by atoms with Crippen molar-refractivity contribution >= 4 is 46.0 Å². The van der Waals surface area contributed by atoms with Crippen LogP contribution in [0, 0.1) is 0 Å². The number of carbonyl (C=O) groups is 2. The summed E-state index contributed by atoms with van der Waals surface area (Å²) in [7, 11) is -3.60. The van der Waals surface area contributed by atoms with E-state index in [4.69, 9.17) is 16.3 Å². The van der Waals surface area contributed by atoms with E-state index in [2.05, 4.69) is 15.6 Å². The number of halogens is 2. The first-order valence-corrected chi connectivity index (χ1v) is 12.9. The number of aromatic nitrogens is 1. The second-order valence-electron chi connectivity index (χ2n) is 8.41. The number of nitrogens with one attached hydrogen (secondary N) is 2. The molecule has 3 saturated heterocycles. The SMILES string of the molecule is Cl.O=C1NC(=O)C(CCS(=O)(=O)N2CCC(Oc3ccc(Cl)cn3)CC2)(N2CCCCC2)N1. The zero-order valence-electron chi connectivity index (χ0n) is 18.2. The highest BCUT2D eigenvalue weighted by molar-refractivity contribution is 7.89. The van der Waals surface area contributed by atoms with Crippen molar-refractivity contribution in [3.05, 3.63) is 23.4 Å². The lowest BCUT2D eigenvalue weighted by Crippen LogP contribution is -2.63. The Bertz CT molecular complexity index is 950. The molecule has 13 heteroatoms. The van der Waals surface area contributed by atoms with E-state index in [9.17, 15) is 18.0 Å². The maximum absolute atomic E-state index is 13.1. The molecule has 0 saturated carbocycles. The number of pyridine rings is 1. The van der Waals surface area contributed by atoms with E-state index >= 15 is 0 Å². The molecule has 0 spiro atoms. The van der Waals surface area contributed by atoms with E-state index in [0.29, 0.717) is 49.9 Å². The normalized spacial score (nSPS) is 25.2. The maximum atomic E-state index is 13.1. The highest BCUT2D eigenvalue weighted by atomic mass is 35.5. The average molecular weight is 522 g/mol. The highest BCUT2D eigenvalue weighted by Gasteiger charge is 2.51. The number of sulfonamides is 1. The van der Waals surface area contributed by atoms with E-state index in [-0.39, 0.29) is 30.7 Å². The molecule has 184 valence electrons. The summed E-state index contributed by atoms with van der Waals surface area (Å²) < 4.78 is 33.4. The maximum Gasteiger partial charge on any atom is 0.323 e. The van der Waals surface area contributed by atoms with Crippen LogP contribution in [0.2, 0.25) is 5.02 Å². The van der Waals surface area contributed by atoms with E-state index < -0.39 is 27.6 Å². The van der Waals surface area contributed by atoms with Gasteiger partial charge in [-0.05, 0) is 31.7 Å². The van der Waals surface area contributed by atoms with Crippen LogP contribution in [0.1, 0.15) is 38.5 Å². The lowest BCUT2D eigenvalue weighted by Gasteiger charge is -2.41. The molecule has 1 aromatic heterocycles. The number of imide groups is 1. The number of likely N-dealkylation sites (tertiary alicyclic amines) is 1. The summed E-state index contributed by atoms with van der Waals surface area (Å²) in [4.78, 5) is 30.6. The molecule has 0 bridgehead atoms. The number of amides is 3. The van der Waals surface area contributed by atoms with Gasteiger partial charge in [0, 0.05) is 44.9 Å². The summed E-state index contributed by atoms with van der Waals surface area (Å²) in [5, 5.41) is 5.51. The van der Waals surface area contributed by atoms with Crippen molar-refractivity contribution in [2.45, 2.75) is 50.3 Å². The molecular formula is C20H29Cl2N5O5S. The molecule has 10 nitrogen and oxygen atoms in total. The highest BCUT2D eigenvalue weighted by Crippen LogP contribution is 2.27. The largest absolute Gasteiger partial charge is 0.474 e. The monoisotopic (exact) mass is 521 g/mol. The van der Waals surface area contributed by atoms with Crippen LogP contribution in [0.3, 0.4) is 0 Å². The third-order valence-corrected chi connectivity index (χ3v) is 8.42. The van der Waals surface area contributed by atoms with Gasteiger partial charge in [0.2, 0.25) is 15.9 Å². The number of nitrogens with zero attached hydrogens (tertiary/aromatic N) is 3. The van der Waals surface area contributed by atoms with Crippen LogP contribution in [0.5, 0.6) is 5.88 Å². The van der Waals surface area contributed by atoms with E-state index in [0.717, 1.165) is 19.3 Å². The van der Waals surface area contributed by atoms with Gasteiger partial charge in [-0.15, -0.1) is 12.4 Å². The molecule has 33 heavy (non-hydrogen) atoms. The summed E-state index contributed by atoms with van der Waals surface area (Å²) in [5.41, 5.74) is -1.30. The van der Waals surface area contributed by atoms with Gasteiger partial charge in [0.1, 0.15) is 6.10 Å². The van der Waals surface area contributed by atoms with Gasteiger partial charge >= 0.3 is 6.03 Å². The fourth-order valence-corrected chi connectivity index (χ4v) is 6.24. The van der Waals surface area contributed by atoms with Crippen LogP contribution >= 0.6 is 24.0 Å². The Morgan fingerprint density at radius 3 is 2.39 bits per heavy atom. The van der Waals surface area contributed by atoms with E-state index in [1.54, 1.807) is 12.1 Å². The van der Waals surface area contributed by atoms with Crippen LogP contribution < -0.4 is 15.4 Å². The summed E-state index contributed by atoms with van der Waals surface area (Å²) in [6.45, 7) is 1.95. The third-order valence-electron chi connectivity index (χ3n) is 6.32. The molecule has 4 heterocycles. The van der Waals surface area contributed by atoms with E-state index in [1.165, 1.54) is 10.5 Å². The molecule has 3 aliphatic rings.